The molecule has 9 heteroatoms. The number of benzene rings is 1. The molecule has 4 rings (SSSR count). The second-order valence-electron chi connectivity index (χ2n) is 8.22. The van der Waals surface area contributed by atoms with Gasteiger partial charge in [0, 0.05) is 43.9 Å². The zero-order valence-corrected chi connectivity index (χ0v) is 18.3. The van der Waals surface area contributed by atoms with Gasteiger partial charge in [0.15, 0.2) is 11.5 Å². The Morgan fingerprint density at radius 2 is 1.69 bits per heavy atom. The normalized spacial score (nSPS) is 21.4. The maximum absolute atomic E-state index is 12.1. The van der Waals surface area contributed by atoms with Gasteiger partial charge in [-0.2, -0.15) is 0 Å². The van der Waals surface area contributed by atoms with Crippen molar-refractivity contribution in [2.45, 2.75) is 26.2 Å². The van der Waals surface area contributed by atoms with Gasteiger partial charge in [-0.25, -0.2) is 23.3 Å². The molecule has 3 heterocycles. The van der Waals surface area contributed by atoms with E-state index in [1.807, 2.05) is 23.4 Å². The average molecular weight is 420 g/mol. The Balaban J connectivity index is 1.62. The van der Waals surface area contributed by atoms with Gasteiger partial charge in [0.25, 0.3) is 0 Å². The third kappa shape index (κ3) is 3.73. The number of nitrogens with zero attached hydrogens (tertiary/aromatic N) is 4. The zero-order valence-electron chi connectivity index (χ0n) is 17.5. The Morgan fingerprint density at radius 3 is 2.28 bits per heavy atom. The van der Waals surface area contributed by atoms with Crippen molar-refractivity contribution in [3.8, 4) is 11.5 Å². The van der Waals surface area contributed by atoms with E-state index < -0.39 is 9.92 Å². The van der Waals surface area contributed by atoms with Crippen molar-refractivity contribution in [3.63, 3.8) is 0 Å². The van der Waals surface area contributed by atoms with Gasteiger partial charge in [0.05, 0.1) is 19.7 Å². The highest BCUT2D eigenvalue weighted by molar-refractivity contribution is 7.89. The molecule has 2 aliphatic heterocycles. The summed E-state index contributed by atoms with van der Waals surface area (Å²) >= 11 is 0. The van der Waals surface area contributed by atoms with E-state index in [0.29, 0.717) is 11.5 Å². The molecule has 8 nitrogen and oxygen atoms in total. The molecule has 2 fully saturated rings. The van der Waals surface area contributed by atoms with Crippen LogP contribution in [0.25, 0.3) is 10.9 Å². The summed E-state index contributed by atoms with van der Waals surface area (Å²) in [5.41, 5.74) is 1.01. The lowest BCUT2D eigenvalue weighted by atomic mass is 9.78. The largest absolute Gasteiger partial charge is 0.493 e. The first-order valence-corrected chi connectivity index (χ1v) is 11.8. The quantitative estimate of drug-likeness (QED) is 0.819. The van der Waals surface area contributed by atoms with Gasteiger partial charge >= 0.3 is 0 Å². The minimum absolute atomic E-state index is 0.162. The molecule has 1 aromatic heterocycles. The van der Waals surface area contributed by atoms with Gasteiger partial charge in [-0.1, -0.05) is 0 Å². The van der Waals surface area contributed by atoms with Gasteiger partial charge in [-0.15, -0.1) is 0 Å². The minimum atomic E-state index is -2.62. The highest BCUT2D eigenvalue weighted by Crippen LogP contribution is 2.43. The van der Waals surface area contributed by atoms with Crippen molar-refractivity contribution in [2.75, 3.05) is 51.6 Å². The van der Waals surface area contributed by atoms with Crippen LogP contribution >= 0.6 is 0 Å². The summed E-state index contributed by atoms with van der Waals surface area (Å²) in [7, 11) is 0.637. The number of nitrogens with one attached hydrogen (secondary N) is 1. The van der Waals surface area contributed by atoms with E-state index in [-0.39, 0.29) is 5.41 Å². The number of hydrogen-bond donors (Lipinski definition) is 1. The van der Waals surface area contributed by atoms with E-state index in [9.17, 15) is 4.21 Å². The summed E-state index contributed by atoms with van der Waals surface area (Å²) in [5, 5.41) is 0.958. The number of rotatable bonds is 4. The monoisotopic (exact) mass is 419 g/mol. The third-order valence-electron chi connectivity index (χ3n) is 6.31. The van der Waals surface area contributed by atoms with Crippen molar-refractivity contribution in [3.05, 3.63) is 18.0 Å². The molecule has 1 spiro atoms. The van der Waals surface area contributed by atoms with Crippen LogP contribution < -0.4 is 14.4 Å². The number of piperidine rings is 1. The van der Waals surface area contributed by atoms with Crippen LogP contribution in [0.2, 0.25) is 0 Å². The minimum Gasteiger partial charge on any atom is -0.493 e. The fraction of sp³-hybridized carbons (Fsp3) is 0.600. The molecule has 2 aliphatic rings. The molecule has 2 saturated heterocycles. The van der Waals surface area contributed by atoms with Crippen molar-refractivity contribution < 1.29 is 13.7 Å². The Morgan fingerprint density at radius 1 is 1.07 bits per heavy atom. The number of aromatic nitrogens is 2. The highest BCUT2D eigenvalue weighted by Gasteiger charge is 2.42. The van der Waals surface area contributed by atoms with E-state index in [2.05, 4.69) is 9.88 Å². The van der Waals surface area contributed by atoms with Crippen LogP contribution in [0.15, 0.2) is 12.1 Å². The predicted octanol–water partition coefficient (Wildman–Crippen LogP) is 2.84. The summed E-state index contributed by atoms with van der Waals surface area (Å²) in [6.07, 6.45) is 4.56. The van der Waals surface area contributed by atoms with Crippen LogP contribution in [-0.4, -0.2) is 65.1 Å². The van der Waals surface area contributed by atoms with Crippen molar-refractivity contribution in [2.24, 2.45) is 5.41 Å². The molecular formula is C20H29N5O3S. The van der Waals surface area contributed by atoms with Crippen molar-refractivity contribution in [1.82, 2.24) is 14.3 Å². The van der Waals surface area contributed by atoms with Crippen LogP contribution in [0.4, 0.5) is 5.82 Å². The van der Waals surface area contributed by atoms with Gasteiger partial charge in [0.2, 0.25) is 0 Å². The first-order valence-electron chi connectivity index (χ1n) is 9.89. The van der Waals surface area contributed by atoms with Crippen molar-refractivity contribution >= 4 is 26.6 Å². The Hall–Kier alpha value is -2.13. The second-order valence-corrected chi connectivity index (χ2v) is 10.3. The van der Waals surface area contributed by atoms with E-state index in [1.165, 1.54) is 6.26 Å². The van der Waals surface area contributed by atoms with E-state index >= 15 is 0 Å². The molecule has 1 aromatic carbocycles. The third-order valence-corrected chi connectivity index (χ3v) is 7.61. The maximum Gasteiger partial charge on any atom is 0.162 e. The average Bonchev–Trinajstić information content (AvgIpc) is 3.11. The number of aryl methyl sites for hydroxylation is 1. The summed E-state index contributed by atoms with van der Waals surface area (Å²) < 4.78 is 32.8. The zero-order chi connectivity index (χ0) is 20.8. The Kier molecular flexibility index (Phi) is 5.06. The number of ether oxygens (including phenoxy) is 2. The van der Waals surface area contributed by atoms with Crippen LogP contribution in [-0.2, 0) is 9.92 Å². The molecule has 158 valence electrons. The summed E-state index contributed by atoms with van der Waals surface area (Å²) in [6, 6.07) is 3.86. The predicted molar refractivity (Wildman–Crippen MR) is 114 cm³/mol. The molecule has 0 bridgehead atoms. The maximum atomic E-state index is 12.1. The standard InChI is InChI=1S/C20H29N5O3S/c1-14-22-16-12-18(28-3)17(27-2)11-15(16)19(23-14)24-8-5-20(6-9-24)7-10-25(13-20)29(4,21)26/h11-12,21H,5-10,13H2,1-4H3. The molecule has 0 saturated carbocycles. The number of fused-ring (bicyclic) bond motifs is 1. The van der Waals surface area contributed by atoms with Crippen LogP contribution in [0.3, 0.4) is 0 Å². The van der Waals surface area contributed by atoms with E-state index in [4.69, 9.17) is 19.2 Å². The molecule has 0 radical (unpaired) electrons. The molecule has 1 atom stereocenters. The lowest BCUT2D eigenvalue weighted by Gasteiger charge is -2.40. The molecule has 1 N–H and O–H groups in total. The van der Waals surface area contributed by atoms with Crippen LogP contribution in [0.5, 0.6) is 11.5 Å². The van der Waals surface area contributed by atoms with Gasteiger partial charge in [-0.3, -0.25) is 0 Å². The highest BCUT2D eigenvalue weighted by atomic mass is 32.2. The summed E-state index contributed by atoms with van der Waals surface area (Å²) in [5.74, 6) is 2.98. The number of hydrogen-bond acceptors (Lipinski definition) is 7. The van der Waals surface area contributed by atoms with E-state index in [0.717, 1.165) is 68.0 Å². The lowest BCUT2D eigenvalue weighted by molar-refractivity contribution is 0.235. The Bertz CT molecular complexity index is 1030. The molecular weight excluding hydrogens is 390 g/mol. The van der Waals surface area contributed by atoms with Gasteiger partial charge < -0.3 is 14.4 Å². The molecule has 2 aromatic rings. The lowest BCUT2D eigenvalue weighted by Crippen LogP contribution is -2.42. The first-order chi connectivity index (χ1) is 13.7. The first kappa shape index (κ1) is 20.2. The molecule has 0 amide bonds. The summed E-state index contributed by atoms with van der Waals surface area (Å²) in [4.78, 5) is 11.7. The SMILES string of the molecule is COc1cc2nc(C)nc(N3CCC4(CC3)CCN(S(C)(=N)=O)C4)c2cc1OC. The Labute approximate surface area is 172 Å². The van der Waals surface area contributed by atoms with Crippen molar-refractivity contribution in [1.29, 1.82) is 4.78 Å². The van der Waals surface area contributed by atoms with Crippen LogP contribution in [0, 0.1) is 17.1 Å². The van der Waals surface area contributed by atoms with Gasteiger partial charge in [0.1, 0.15) is 21.6 Å². The molecule has 1 unspecified atom stereocenters. The second kappa shape index (κ2) is 7.28. The van der Waals surface area contributed by atoms with Gasteiger partial charge in [-0.05, 0) is 37.7 Å². The van der Waals surface area contributed by atoms with Crippen LogP contribution in [0.1, 0.15) is 25.1 Å². The fourth-order valence-corrected chi connectivity index (χ4v) is 5.55. The van der Waals surface area contributed by atoms with E-state index in [1.54, 1.807) is 14.2 Å². The number of anilines is 1. The fourth-order valence-electron chi connectivity index (χ4n) is 4.59. The molecule has 29 heavy (non-hydrogen) atoms. The topological polar surface area (TPSA) is 91.6 Å². The number of methoxy groups -OCH3 is 2. The molecule has 0 aliphatic carbocycles. The summed E-state index contributed by atoms with van der Waals surface area (Å²) in [6.45, 7) is 5.19. The smallest absolute Gasteiger partial charge is 0.162 e.